The van der Waals surface area contributed by atoms with Crippen LogP contribution in [0.4, 0.5) is 0 Å². The molecular weight excluding hydrogens is 384 g/mol. The second-order valence-electron chi connectivity index (χ2n) is 8.50. The van der Waals surface area contributed by atoms with Crippen LogP contribution in [0, 0.1) is 27.7 Å². The van der Waals surface area contributed by atoms with Gasteiger partial charge in [0.15, 0.2) is 0 Å². The van der Waals surface area contributed by atoms with Gasteiger partial charge < -0.3 is 9.88 Å². The van der Waals surface area contributed by atoms with E-state index in [1.165, 1.54) is 16.8 Å². The van der Waals surface area contributed by atoms with Crippen LogP contribution < -0.4 is 5.32 Å². The van der Waals surface area contributed by atoms with E-state index in [-0.39, 0.29) is 11.9 Å². The van der Waals surface area contributed by atoms with Gasteiger partial charge in [0.05, 0.1) is 12.2 Å². The molecule has 2 aromatic heterocycles. The van der Waals surface area contributed by atoms with E-state index in [0.717, 1.165) is 28.8 Å². The first-order valence-electron chi connectivity index (χ1n) is 10.8. The summed E-state index contributed by atoms with van der Waals surface area (Å²) >= 11 is 0. The number of nitrogens with one attached hydrogen (secondary N) is 1. The Bertz CT molecular complexity index is 1230. The molecule has 0 bridgehead atoms. The molecule has 0 radical (unpaired) electrons. The van der Waals surface area contributed by atoms with Gasteiger partial charge in [-0.1, -0.05) is 30.3 Å². The maximum atomic E-state index is 12.9. The highest BCUT2D eigenvalue weighted by atomic mass is 16.1. The van der Waals surface area contributed by atoms with Crippen LogP contribution in [0.15, 0.2) is 54.6 Å². The molecule has 0 unspecified atom stereocenters. The molecule has 1 atom stereocenters. The zero-order valence-electron chi connectivity index (χ0n) is 18.9. The summed E-state index contributed by atoms with van der Waals surface area (Å²) in [6.07, 6.45) is 0. The van der Waals surface area contributed by atoms with Crippen LogP contribution in [-0.4, -0.2) is 26.3 Å². The molecule has 0 aliphatic heterocycles. The number of carbonyl (C=O) groups is 1. The Balaban J connectivity index is 1.55. The predicted octanol–water partition coefficient (Wildman–Crippen LogP) is 4.94. The van der Waals surface area contributed by atoms with Crippen molar-refractivity contribution in [2.24, 2.45) is 0 Å². The number of hydrogen-bond acceptors (Lipinski definition) is 2. The third-order valence-electron chi connectivity index (χ3n) is 6.01. The van der Waals surface area contributed by atoms with E-state index in [4.69, 9.17) is 0 Å². The monoisotopic (exact) mass is 414 g/mol. The van der Waals surface area contributed by atoms with Crippen molar-refractivity contribution < 1.29 is 4.79 Å². The third-order valence-corrected chi connectivity index (χ3v) is 6.01. The Labute approximate surface area is 183 Å². The van der Waals surface area contributed by atoms with Crippen molar-refractivity contribution in [1.29, 1.82) is 0 Å². The minimum Gasteiger partial charge on any atom is -0.348 e. The van der Waals surface area contributed by atoms with Crippen LogP contribution in [-0.2, 0) is 13.1 Å². The van der Waals surface area contributed by atoms with Gasteiger partial charge in [-0.05, 0) is 70.0 Å². The normalized spacial score (nSPS) is 12.3. The summed E-state index contributed by atoms with van der Waals surface area (Å²) < 4.78 is 4.27. The largest absolute Gasteiger partial charge is 0.348 e. The highest BCUT2D eigenvalue weighted by Gasteiger charge is 2.16. The minimum absolute atomic E-state index is 0.0216. The summed E-state index contributed by atoms with van der Waals surface area (Å²) in [7, 11) is 0. The summed E-state index contributed by atoms with van der Waals surface area (Å²) in [6, 6.07) is 18.5. The zero-order chi connectivity index (χ0) is 22.1. The SMILES string of the molecule is Cc1cc(C)n(C[C@H](C)NC(=O)c2ccc3c(c2)c(C)c(C)n3Cc2ccccc2)n1. The van der Waals surface area contributed by atoms with Gasteiger partial charge in [0.25, 0.3) is 5.91 Å². The van der Waals surface area contributed by atoms with Crippen molar-refractivity contribution in [3.8, 4) is 0 Å². The fraction of sp³-hybridized carbons (Fsp3) is 0.308. The summed E-state index contributed by atoms with van der Waals surface area (Å²) in [5.74, 6) is -0.0520. The molecule has 0 aliphatic carbocycles. The van der Waals surface area contributed by atoms with Crippen molar-refractivity contribution in [3.63, 3.8) is 0 Å². The summed E-state index contributed by atoms with van der Waals surface area (Å²) in [6.45, 7) is 11.8. The van der Waals surface area contributed by atoms with E-state index in [1.54, 1.807) is 0 Å². The Kier molecular flexibility index (Phi) is 5.68. The molecule has 0 aliphatic rings. The first-order chi connectivity index (χ1) is 14.8. The molecule has 0 spiro atoms. The molecule has 1 N–H and O–H groups in total. The molecule has 160 valence electrons. The van der Waals surface area contributed by atoms with Crippen LogP contribution in [0.3, 0.4) is 0 Å². The fourth-order valence-electron chi connectivity index (χ4n) is 4.23. The molecule has 2 aromatic carbocycles. The van der Waals surface area contributed by atoms with Gasteiger partial charge in [-0.2, -0.15) is 5.10 Å². The Morgan fingerprint density at radius 2 is 1.77 bits per heavy atom. The maximum absolute atomic E-state index is 12.9. The van der Waals surface area contributed by atoms with Crippen LogP contribution in [0.2, 0.25) is 0 Å². The van der Waals surface area contributed by atoms with Gasteiger partial charge in [0.2, 0.25) is 0 Å². The number of rotatable bonds is 6. The average molecular weight is 415 g/mol. The average Bonchev–Trinajstić information content (AvgIpc) is 3.18. The van der Waals surface area contributed by atoms with E-state index in [1.807, 2.05) is 49.7 Å². The van der Waals surface area contributed by atoms with Gasteiger partial charge in [-0.25, -0.2) is 0 Å². The van der Waals surface area contributed by atoms with Crippen LogP contribution >= 0.6 is 0 Å². The van der Waals surface area contributed by atoms with Gasteiger partial charge in [-0.3, -0.25) is 9.48 Å². The lowest BCUT2D eigenvalue weighted by Gasteiger charge is -2.15. The smallest absolute Gasteiger partial charge is 0.251 e. The maximum Gasteiger partial charge on any atom is 0.251 e. The van der Waals surface area contributed by atoms with Crippen molar-refractivity contribution in [2.45, 2.75) is 53.8 Å². The van der Waals surface area contributed by atoms with Gasteiger partial charge in [0.1, 0.15) is 0 Å². The molecule has 4 rings (SSSR count). The van der Waals surface area contributed by atoms with Crippen molar-refractivity contribution in [1.82, 2.24) is 19.7 Å². The Morgan fingerprint density at radius 1 is 1.03 bits per heavy atom. The highest BCUT2D eigenvalue weighted by Crippen LogP contribution is 2.27. The highest BCUT2D eigenvalue weighted by molar-refractivity contribution is 5.99. The number of aryl methyl sites for hydroxylation is 3. The second kappa shape index (κ2) is 8.42. The topological polar surface area (TPSA) is 51.9 Å². The molecule has 0 saturated carbocycles. The number of benzene rings is 2. The Hall–Kier alpha value is -3.34. The molecule has 4 aromatic rings. The lowest BCUT2D eigenvalue weighted by molar-refractivity contribution is 0.0936. The first-order valence-corrected chi connectivity index (χ1v) is 10.8. The number of hydrogen-bond donors (Lipinski definition) is 1. The molecule has 5 heteroatoms. The van der Waals surface area contributed by atoms with E-state index < -0.39 is 0 Å². The number of fused-ring (bicyclic) bond motifs is 1. The van der Waals surface area contributed by atoms with Crippen molar-refractivity contribution >= 4 is 16.8 Å². The molecule has 0 fully saturated rings. The second-order valence-corrected chi connectivity index (χ2v) is 8.50. The third kappa shape index (κ3) is 4.26. The molecule has 0 saturated heterocycles. The van der Waals surface area contributed by atoms with Crippen LogP contribution in [0.25, 0.3) is 10.9 Å². The molecule has 2 heterocycles. The molecule has 31 heavy (non-hydrogen) atoms. The number of aromatic nitrogens is 3. The zero-order valence-corrected chi connectivity index (χ0v) is 18.9. The lowest BCUT2D eigenvalue weighted by atomic mass is 10.1. The van der Waals surface area contributed by atoms with Crippen molar-refractivity contribution in [2.75, 3.05) is 0 Å². The minimum atomic E-state index is -0.0520. The summed E-state index contributed by atoms with van der Waals surface area (Å²) in [4.78, 5) is 12.9. The quantitative estimate of drug-likeness (QED) is 0.486. The first kappa shape index (κ1) is 20.9. The lowest BCUT2D eigenvalue weighted by Crippen LogP contribution is -2.36. The van der Waals surface area contributed by atoms with E-state index in [0.29, 0.717) is 12.1 Å². The van der Waals surface area contributed by atoms with Crippen molar-refractivity contribution in [3.05, 3.63) is 88.4 Å². The standard InChI is InChI=1S/C26H30N4O/c1-17-13-19(3)30(28-17)15-18(2)27-26(31)23-11-12-25-24(14-23)20(4)21(5)29(25)16-22-9-7-6-8-10-22/h6-14,18H,15-16H2,1-5H3,(H,27,31)/t18-/m0/s1. The van der Waals surface area contributed by atoms with E-state index in [2.05, 4.69) is 59.2 Å². The number of amides is 1. The number of carbonyl (C=O) groups excluding carboxylic acids is 1. The molecule has 5 nitrogen and oxygen atoms in total. The van der Waals surface area contributed by atoms with Gasteiger partial charge in [0, 0.05) is 40.4 Å². The molecular formula is C26H30N4O. The fourth-order valence-corrected chi connectivity index (χ4v) is 4.23. The Morgan fingerprint density at radius 3 is 2.45 bits per heavy atom. The summed E-state index contributed by atoms with van der Waals surface area (Å²) in [5.41, 5.74) is 7.66. The van der Waals surface area contributed by atoms with E-state index in [9.17, 15) is 4.79 Å². The van der Waals surface area contributed by atoms with Crippen LogP contribution in [0.5, 0.6) is 0 Å². The predicted molar refractivity (Wildman–Crippen MR) is 126 cm³/mol. The summed E-state index contributed by atoms with van der Waals surface area (Å²) in [5, 5.41) is 8.74. The van der Waals surface area contributed by atoms with Gasteiger partial charge >= 0.3 is 0 Å². The number of nitrogens with zero attached hydrogens (tertiary/aromatic N) is 3. The van der Waals surface area contributed by atoms with Gasteiger partial charge in [-0.15, -0.1) is 0 Å². The molecule has 1 amide bonds. The van der Waals surface area contributed by atoms with E-state index >= 15 is 0 Å². The van der Waals surface area contributed by atoms with Crippen LogP contribution in [0.1, 0.15) is 45.5 Å².